The van der Waals surface area contributed by atoms with Crippen LogP contribution in [0.25, 0.3) is 11.4 Å². The topological polar surface area (TPSA) is 79.9 Å². The van der Waals surface area contributed by atoms with Gasteiger partial charge in [-0.1, -0.05) is 53.7 Å². The molecule has 146 valence electrons. The van der Waals surface area contributed by atoms with Crippen molar-refractivity contribution >= 4 is 29.3 Å². The number of thioether (sulfide) groups is 1. The smallest absolute Gasteiger partial charge is 0.233 e. The first-order valence-corrected chi connectivity index (χ1v) is 10.1. The third kappa shape index (κ3) is 5.27. The lowest BCUT2D eigenvalue weighted by molar-refractivity contribution is -0.120. The largest absolute Gasteiger partial charge is 0.496 e. The average Bonchev–Trinajstić information content (AvgIpc) is 3.17. The summed E-state index contributed by atoms with van der Waals surface area (Å²) in [5.41, 5.74) is 1.91. The molecule has 1 atom stereocenters. The number of aromatic nitrogens is 3. The lowest BCUT2D eigenvalue weighted by Gasteiger charge is -2.10. The van der Waals surface area contributed by atoms with E-state index in [0.29, 0.717) is 33.9 Å². The molecule has 0 unspecified atom stereocenters. The Bertz CT molecular complexity index is 933. The van der Waals surface area contributed by atoms with Crippen LogP contribution in [-0.2, 0) is 11.2 Å². The van der Waals surface area contributed by atoms with Crippen molar-refractivity contribution in [3.8, 4) is 17.1 Å². The molecule has 0 aliphatic heterocycles. The zero-order chi connectivity index (χ0) is 19.9. The van der Waals surface area contributed by atoms with E-state index in [-0.39, 0.29) is 11.2 Å². The quantitative estimate of drug-likeness (QED) is 0.543. The minimum atomic E-state index is -0.319. The number of carbonyl (C=O) groups is 1. The molecule has 1 heterocycles. The predicted octanol–water partition coefficient (Wildman–Crippen LogP) is 3.97. The van der Waals surface area contributed by atoms with Gasteiger partial charge in [-0.2, -0.15) is 0 Å². The molecule has 2 N–H and O–H groups in total. The summed E-state index contributed by atoms with van der Waals surface area (Å²) in [5.74, 6) is 1.13. The maximum atomic E-state index is 12.3. The van der Waals surface area contributed by atoms with Crippen molar-refractivity contribution in [1.82, 2.24) is 20.5 Å². The lowest BCUT2D eigenvalue weighted by Crippen LogP contribution is -2.32. The average molecular weight is 417 g/mol. The Morgan fingerprint density at radius 1 is 1.29 bits per heavy atom. The molecule has 2 aromatic carbocycles. The number of nitrogens with zero attached hydrogens (tertiary/aromatic N) is 2. The summed E-state index contributed by atoms with van der Waals surface area (Å²) >= 11 is 7.37. The van der Waals surface area contributed by atoms with Crippen LogP contribution in [0.1, 0.15) is 12.5 Å². The summed E-state index contributed by atoms with van der Waals surface area (Å²) in [6.45, 7) is 2.42. The SMILES string of the molecule is COc1ccc(Cl)cc1-c1nc(S[C@@H](C)C(=O)NCCc2ccccc2)n[nH]1. The number of amides is 1. The number of aromatic amines is 1. The highest BCUT2D eigenvalue weighted by Crippen LogP contribution is 2.31. The fourth-order valence-electron chi connectivity index (χ4n) is 2.61. The molecule has 0 fully saturated rings. The van der Waals surface area contributed by atoms with Gasteiger partial charge in [0.05, 0.1) is 17.9 Å². The first-order chi connectivity index (χ1) is 13.6. The van der Waals surface area contributed by atoms with Crippen molar-refractivity contribution < 1.29 is 9.53 Å². The van der Waals surface area contributed by atoms with Gasteiger partial charge in [0.1, 0.15) is 5.75 Å². The van der Waals surface area contributed by atoms with Crippen LogP contribution >= 0.6 is 23.4 Å². The fourth-order valence-corrected chi connectivity index (χ4v) is 3.54. The van der Waals surface area contributed by atoms with Crippen molar-refractivity contribution in [2.75, 3.05) is 13.7 Å². The molecular formula is C20H21ClN4O2S. The number of rotatable bonds is 8. The van der Waals surface area contributed by atoms with Gasteiger partial charge >= 0.3 is 0 Å². The number of H-pyrrole nitrogens is 1. The predicted molar refractivity (Wildman–Crippen MR) is 112 cm³/mol. The van der Waals surface area contributed by atoms with E-state index in [9.17, 15) is 4.79 Å². The van der Waals surface area contributed by atoms with Gasteiger partial charge in [-0.15, -0.1) is 5.10 Å². The maximum absolute atomic E-state index is 12.3. The Morgan fingerprint density at radius 2 is 2.07 bits per heavy atom. The highest BCUT2D eigenvalue weighted by molar-refractivity contribution is 8.00. The summed E-state index contributed by atoms with van der Waals surface area (Å²) < 4.78 is 5.35. The van der Waals surface area contributed by atoms with Crippen molar-refractivity contribution in [2.45, 2.75) is 23.8 Å². The summed E-state index contributed by atoms with van der Waals surface area (Å²) in [4.78, 5) is 16.8. The molecule has 0 spiro atoms. The van der Waals surface area contributed by atoms with Gasteiger partial charge in [-0.25, -0.2) is 4.98 Å². The molecule has 0 bridgehead atoms. The molecule has 8 heteroatoms. The first-order valence-electron chi connectivity index (χ1n) is 8.81. The van der Waals surface area contributed by atoms with E-state index in [1.807, 2.05) is 37.3 Å². The van der Waals surface area contributed by atoms with Crippen molar-refractivity contribution in [3.05, 3.63) is 59.1 Å². The Balaban J connectivity index is 1.57. The molecule has 1 aromatic heterocycles. The number of hydrogen-bond acceptors (Lipinski definition) is 5. The maximum Gasteiger partial charge on any atom is 0.233 e. The Hall–Kier alpha value is -2.51. The van der Waals surface area contributed by atoms with E-state index >= 15 is 0 Å². The van der Waals surface area contributed by atoms with Crippen LogP contribution in [0, 0.1) is 0 Å². The van der Waals surface area contributed by atoms with Crippen LogP contribution in [0.2, 0.25) is 5.02 Å². The Kier molecular flexibility index (Phi) is 6.95. The highest BCUT2D eigenvalue weighted by atomic mass is 35.5. The standard InChI is InChI=1S/C20H21ClN4O2S/c1-13(19(26)22-11-10-14-6-4-3-5-7-14)28-20-23-18(24-25-20)16-12-15(21)8-9-17(16)27-2/h3-9,12-13H,10-11H2,1-2H3,(H,22,26)(H,23,24,25)/t13-/m0/s1. The molecular weight excluding hydrogens is 396 g/mol. The number of ether oxygens (including phenoxy) is 1. The van der Waals surface area contributed by atoms with Crippen molar-refractivity contribution in [3.63, 3.8) is 0 Å². The van der Waals surface area contributed by atoms with Crippen LogP contribution in [0.15, 0.2) is 53.7 Å². The van der Waals surface area contributed by atoms with Crippen LogP contribution in [0.3, 0.4) is 0 Å². The second kappa shape index (κ2) is 9.61. The molecule has 28 heavy (non-hydrogen) atoms. The molecule has 0 saturated heterocycles. The van der Waals surface area contributed by atoms with Crippen molar-refractivity contribution in [2.24, 2.45) is 0 Å². The van der Waals surface area contributed by atoms with Crippen LogP contribution < -0.4 is 10.1 Å². The number of nitrogens with one attached hydrogen (secondary N) is 2. The molecule has 1 amide bonds. The lowest BCUT2D eigenvalue weighted by atomic mass is 10.1. The van der Waals surface area contributed by atoms with Gasteiger partial charge in [-0.3, -0.25) is 9.89 Å². The minimum Gasteiger partial charge on any atom is -0.496 e. The molecule has 0 aliphatic rings. The number of methoxy groups -OCH3 is 1. The number of carbonyl (C=O) groups excluding carboxylic acids is 1. The second-order valence-corrected chi connectivity index (χ2v) is 7.84. The van der Waals surface area contributed by atoms with E-state index in [1.165, 1.54) is 17.3 Å². The third-order valence-corrected chi connectivity index (χ3v) is 5.28. The monoisotopic (exact) mass is 416 g/mol. The summed E-state index contributed by atoms with van der Waals surface area (Å²) in [5, 5.41) is 10.8. The fraction of sp³-hybridized carbons (Fsp3) is 0.250. The molecule has 3 rings (SSSR count). The van der Waals surface area contributed by atoms with E-state index in [1.54, 1.807) is 25.3 Å². The zero-order valence-corrected chi connectivity index (χ0v) is 17.2. The molecule has 0 aliphatic carbocycles. The number of halogens is 1. The highest BCUT2D eigenvalue weighted by Gasteiger charge is 2.18. The summed E-state index contributed by atoms with van der Waals surface area (Å²) in [7, 11) is 1.58. The van der Waals surface area contributed by atoms with Gasteiger partial charge in [-0.05, 0) is 37.1 Å². The van der Waals surface area contributed by atoms with Crippen LogP contribution in [0.4, 0.5) is 0 Å². The number of hydrogen-bond donors (Lipinski definition) is 2. The third-order valence-electron chi connectivity index (χ3n) is 4.09. The van der Waals surface area contributed by atoms with E-state index in [4.69, 9.17) is 16.3 Å². The number of benzene rings is 2. The van der Waals surface area contributed by atoms with Crippen LogP contribution in [0.5, 0.6) is 5.75 Å². The zero-order valence-electron chi connectivity index (χ0n) is 15.6. The molecule has 0 radical (unpaired) electrons. The Morgan fingerprint density at radius 3 is 2.82 bits per heavy atom. The Labute approximate surface area is 173 Å². The van der Waals surface area contributed by atoms with Gasteiger partial charge in [0.25, 0.3) is 0 Å². The van der Waals surface area contributed by atoms with Gasteiger partial charge in [0.2, 0.25) is 11.1 Å². The van der Waals surface area contributed by atoms with Gasteiger partial charge in [0.15, 0.2) is 5.82 Å². The minimum absolute atomic E-state index is 0.0485. The normalized spacial score (nSPS) is 11.8. The molecule has 6 nitrogen and oxygen atoms in total. The van der Waals surface area contributed by atoms with E-state index in [2.05, 4.69) is 20.5 Å². The van der Waals surface area contributed by atoms with Gasteiger partial charge < -0.3 is 10.1 Å². The summed E-state index contributed by atoms with van der Waals surface area (Å²) in [6.07, 6.45) is 0.795. The second-order valence-electron chi connectivity index (χ2n) is 6.10. The summed E-state index contributed by atoms with van der Waals surface area (Å²) in [6, 6.07) is 15.3. The molecule has 0 saturated carbocycles. The van der Waals surface area contributed by atoms with E-state index < -0.39 is 0 Å². The van der Waals surface area contributed by atoms with Crippen LogP contribution in [-0.4, -0.2) is 40.0 Å². The van der Waals surface area contributed by atoms with Crippen molar-refractivity contribution in [1.29, 1.82) is 0 Å². The molecule has 3 aromatic rings. The first kappa shape index (κ1) is 20.2. The van der Waals surface area contributed by atoms with E-state index in [0.717, 1.165) is 6.42 Å². The van der Waals surface area contributed by atoms with Gasteiger partial charge in [0, 0.05) is 11.6 Å².